The topological polar surface area (TPSA) is 58.6 Å². The minimum Gasteiger partial charge on any atom is -0.491 e. The molecule has 28 heavy (non-hydrogen) atoms. The molecule has 8 heteroatoms. The smallest absolute Gasteiger partial charge is 0.416 e. The summed E-state index contributed by atoms with van der Waals surface area (Å²) in [5, 5.41) is 2.85. The lowest BCUT2D eigenvalue weighted by molar-refractivity contribution is -0.137. The van der Waals surface area contributed by atoms with E-state index in [0.29, 0.717) is 36.9 Å². The lowest BCUT2D eigenvalue weighted by Gasteiger charge is -2.30. The Kier molecular flexibility index (Phi) is 4.59. The number of hydrogen-bond donors (Lipinski definition) is 1. The van der Waals surface area contributed by atoms with Crippen molar-refractivity contribution in [3.8, 4) is 0 Å². The van der Waals surface area contributed by atoms with Gasteiger partial charge in [0, 0.05) is 6.54 Å². The average Bonchev–Trinajstić information content (AvgIpc) is 3.19. The van der Waals surface area contributed by atoms with Gasteiger partial charge in [-0.1, -0.05) is 6.07 Å². The molecule has 0 radical (unpaired) electrons. The molecule has 0 spiro atoms. The number of aryl methyl sites for hydroxylation is 1. The SMILES string of the molecule is COC1=C(C(=O)N[C@@H]2CCc3ccc(C(F)(F)F)cc32)C2CCCCN2C1=O. The number of carbonyl (C=O) groups excluding carboxylic acids is 2. The number of methoxy groups -OCH3 is 1. The molecule has 5 nitrogen and oxygen atoms in total. The van der Waals surface area contributed by atoms with Crippen LogP contribution in [0.4, 0.5) is 13.2 Å². The number of alkyl halides is 3. The highest BCUT2D eigenvalue weighted by atomic mass is 19.4. The first kappa shape index (κ1) is 18.8. The van der Waals surface area contributed by atoms with Gasteiger partial charge in [0.05, 0.1) is 30.3 Å². The Morgan fingerprint density at radius 3 is 2.75 bits per heavy atom. The molecular formula is C20H21F3N2O3. The van der Waals surface area contributed by atoms with Gasteiger partial charge in [-0.15, -0.1) is 0 Å². The maximum Gasteiger partial charge on any atom is 0.416 e. The minimum atomic E-state index is -4.43. The fraction of sp³-hybridized carbons (Fsp3) is 0.500. The molecular weight excluding hydrogens is 373 g/mol. The minimum absolute atomic E-state index is 0.0478. The highest BCUT2D eigenvalue weighted by molar-refractivity contribution is 6.08. The molecule has 1 unspecified atom stereocenters. The fourth-order valence-electron chi connectivity index (χ4n) is 4.49. The monoisotopic (exact) mass is 394 g/mol. The van der Waals surface area contributed by atoms with E-state index >= 15 is 0 Å². The van der Waals surface area contributed by atoms with Crippen LogP contribution in [-0.4, -0.2) is 36.4 Å². The van der Waals surface area contributed by atoms with Crippen molar-refractivity contribution < 1.29 is 27.5 Å². The Morgan fingerprint density at radius 2 is 2.04 bits per heavy atom. The van der Waals surface area contributed by atoms with E-state index in [1.165, 1.54) is 13.2 Å². The number of ether oxygens (including phenoxy) is 1. The van der Waals surface area contributed by atoms with Crippen LogP contribution in [0.1, 0.15) is 48.4 Å². The summed E-state index contributed by atoms with van der Waals surface area (Å²) in [6, 6.07) is 2.84. The highest BCUT2D eigenvalue weighted by Gasteiger charge is 2.45. The summed E-state index contributed by atoms with van der Waals surface area (Å²) in [5.41, 5.74) is 0.875. The van der Waals surface area contributed by atoms with E-state index in [9.17, 15) is 22.8 Å². The molecule has 0 bridgehead atoms. The van der Waals surface area contributed by atoms with E-state index in [-0.39, 0.29) is 17.7 Å². The summed E-state index contributed by atoms with van der Waals surface area (Å²) in [7, 11) is 1.36. The zero-order valence-electron chi connectivity index (χ0n) is 15.4. The summed E-state index contributed by atoms with van der Waals surface area (Å²) in [4.78, 5) is 27.2. The number of hydrogen-bond acceptors (Lipinski definition) is 3. The molecule has 1 aromatic carbocycles. The van der Waals surface area contributed by atoms with Crippen molar-refractivity contribution in [2.75, 3.05) is 13.7 Å². The third-order valence-corrected chi connectivity index (χ3v) is 5.84. The lowest BCUT2D eigenvalue weighted by atomic mass is 9.97. The molecule has 3 aliphatic rings. The third kappa shape index (κ3) is 3.04. The predicted octanol–water partition coefficient (Wildman–Crippen LogP) is 3.10. The molecule has 1 aromatic rings. The maximum absolute atomic E-state index is 13.1. The van der Waals surface area contributed by atoms with Crippen LogP contribution in [0.15, 0.2) is 29.5 Å². The largest absolute Gasteiger partial charge is 0.491 e. The molecule has 0 saturated carbocycles. The molecule has 2 amide bonds. The Morgan fingerprint density at radius 1 is 1.25 bits per heavy atom. The van der Waals surface area contributed by atoms with Crippen LogP contribution >= 0.6 is 0 Å². The second kappa shape index (κ2) is 6.83. The first-order valence-corrected chi connectivity index (χ1v) is 9.41. The molecule has 2 atom stereocenters. The number of rotatable bonds is 3. The zero-order valence-corrected chi connectivity index (χ0v) is 15.4. The molecule has 150 valence electrons. The Labute approximate surface area is 160 Å². The maximum atomic E-state index is 13.1. The van der Waals surface area contributed by atoms with Crippen LogP contribution in [0.5, 0.6) is 0 Å². The second-order valence-electron chi connectivity index (χ2n) is 7.43. The van der Waals surface area contributed by atoms with Crippen LogP contribution in [0, 0.1) is 0 Å². The lowest BCUT2D eigenvalue weighted by Crippen LogP contribution is -2.42. The van der Waals surface area contributed by atoms with E-state index < -0.39 is 23.7 Å². The van der Waals surface area contributed by atoms with Gasteiger partial charge < -0.3 is 15.0 Å². The number of amides is 2. The number of piperidine rings is 1. The summed E-state index contributed by atoms with van der Waals surface area (Å²) in [5.74, 6) is -0.676. The summed E-state index contributed by atoms with van der Waals surface area (Å²) < 4.78 is 44.4. The first-order valence-electron chi connectivity index (χ1n) is 9.41. The molecule has 2 heterocycles. The van der Waals surface area contributed by atoms with Crippen molar-refractivity contribution in [3.63, 3.8) is 0 Å². The van der Waals surface area contributed by atoms with Crippen molar-refractivity contribution >= 4 is 11.8 Å². The number of halogens is 3. The number of carbonyl (C=O) groups is 2. The highest BCUT2D eigenvalue weighted by Crippen LogP contribution is 2.38. The Hall–Kier alpha value is -2.51. The van der Waals surface area contributed by atoms with Crippen LogP contribution in [-0.2, 0) is 26.9 Å². The van der Waals surface area contributed by atoms with Crippen LogP contribution in [0.3, 0.4) is 0 Å². The number of benzene rings is 1. The van der Waals surface area contributed by atoms with Crippen molar-refractivity contribution in [2.45, 2.75) is 50.4 Å². The molecule has 1 aliphatic carbocycles. The van der Waals surface area contributed by atoms with E-state index in [1.54, 1.807) is 4.90 Å². The standard InChI is InChI=1S/C20H21F3N2O3/c1-28-17-16(15-4-2-3-9-25(15)19(17)27)18(26)24-14-8-6-11-5-7-12(10-13(11)14)20(21,22)23/h5,7,10,14-15H,2-4,6,8-9H2,1H3,(H,24,26)/t14-,15?/m1/s1. The van der Waals surface area contributed by atoms with Gasteiger partial charge in [0.2, 0.25) is 0 Å². The van der Waals surface area contributed by atoms with Crippen molar-refractivity contribution in [2.24, 2.45) is 0 Å². The zero-order chi connectivity index (χ0) is 20.1. The summed E-state index contributed by atoms with van der Waals surface area (Å²) in [6.45, 7) is 0.578. The molecule has 1 fully saturated rings. The second-order valence-corrected chi connectivity index (χ2v) is 7.43. The van der Waals surface area contributed by atoms with Gasteiger partial charge in [-0.2, -0.15) is 13.2 Å². The van der Waals surface area contributed by atoms with Crippen LogP contribution in [0.25, 0.3) is 0 Å². The Bertz CT molecular complexity index is 863. The Balaban J connectivity index is 1.60. The molecule has 4 rings (SSSR count). The molecule has 1 N–H and O–H groups in total. The third-order valence-electron chi connectivity index (χ3n) is 5.84. The number of fused-ring (bicyclic) bond motifs is 2. The van der Waals surface area contributed by atoms with Gasteiger partial charge in [-0.3, -0.25) is 9.59 Å². The van der Waals surface area contributed by atoms with E-state index in [4.69, 9.17) is 4.74 Å². The van der Waals surface area contributed by atoms with Gasteiger partial charge in [0.15, 0.2) is 5.76 Å². The van der Waals surface area contributed by atoms with Crippen molar-refractivity contribution in [1.82, 2.24) is 10.2 Å². The molecule has 1 saturated heterocycles. The summed E-state index contributed by atoms with van der Waals surface area (Å²) in [6.07, 6.45) is -0.837. The van der Waals surface area contributed by atoms with Crippen LogP contribution in [0.2, 0.25) is 0 Å². The molecule has 0 aromatic heterocycles. The van der Waals surface area contributed by atoms with Gasteiger partial charge in [-0.25, -0.2) is 0 Å². The average molecular weight is 394 g/mol. The quantitative estimate of drug-likeness (QED) is 0.857. The van der Waals surface area contributed by atoms with E-state index in [2.05, 4.69) is 5.32 Å². The van der Waals surface area contributed by atoms with Gasteiger partial charge in [-0.05, 0) is 55.4 Å². The van der Waals surface area contributed by atoms with Crippen molar-refractivity contribution in [3.05, 3.63) is 46.2 Å². The first-order chi connectivity index (χ1) is 13.3. The summed E-state index contributed by atoms with van der Waals surface area (Å²) >= 11 is 0. The molecule has 2 aliphatic heterocycles. The van der Waals surface area contributed by atoms with Crippen LogP contribution < -0.4 is 5.32 Å². The van der Waals surface area contributed by atoms with Gasteiger partial charge in [0.1, 0.15) is 0 Å². The van der Waals surface area contributed by atoms with E-state index in [1.807, 2.05) is 0 Å². The number of nitrogens with zero attached hydrogens (tertiary/aromatic N) is 1. The van der Waals surface area contributed by atoms with E-state index in [0.717, 1.165) is 30.5 Å². The fourth-order valence-corrected chi connectivity index (χ4v) is 4.49. The predicted molar refractivity (Wildman–Crippen MR) is 94.0 cm³/mol. The van der Waals surface area contributed by atoms with Crippen molar-refractivity contribution in [1.29, 1.82) is 0 Å². The van der Waals surface area contributed by atoms with Gasteiger partial charge >= 0.3 is 6.18 Å². The normalized spacial score (nSPS) is 24.3. The van der Waals surface area contributed by atoms with Gasteiger partial charge in [0.25, 0.3) is 11.8 Å². The number of nitrogens with one attached hydrogen (secondary N) is 1.